The molecule has 7 nitrogen and oxygen atoms in total. The van der Waals surface area contributed by atoms with Gasteiger partial charge in [0.2, 0.25) is 0 Å². The minimum Gasteiger partial charge on any atom is -0.371 e. The number of rotatable bonds is 4. The highest BCUT2D eigenvalue weighted by Gasteiger charge is 2.36. The first-order chi connectivity index (χ1) is 12.7. The van der Waals surface area contributed by atoms with E-state index in [0.717, 1.165) is 23.7 Å². The van der Waals surface area contributed by atoms with Gasteiger partial charge in [0, 0.05) is 44.2 Å². The summed E-state index contributed by atoms with van der Waals surface area (Å²) >= 11 is 0. The molecule has 2 amide bonds. The van der Waals surface area contributed by atoms with E-state index in [1.54, 1.807) is 13.3 Å². The van der Waals surface area contributed by atoms with E-state index in [1.807, 2.05) is 28.0 Å². The minimum atomic E-state index is -0.325. The van der Waals surface area contributed by atoms with Gasteiger partial charge in [0.25, 0.3) is 11.8 Å². The highest BCUT2D eigenvalue weighted by atomic mass is 16.5. The fourth-order valence-corrected chi connectivity index (χ4v) is 3.81. The normalized spacial score (nSPS) is 19.4. The number of hydrogen-bond acceptors (Lipinski definition) is 4. The van der Waals surface area contributed by atoms with Crippen molar-refractivity contribution in [1.29, 1.82) is 0 Å². The third-order valence-electron chi connectivity index (χ3n) is 5.64. The van der Waals surface area contributed by atoms with E-state index in [9.17, 15) is 9.59 Å². The first kappa shape index (κ1) is 17.0. The van der Waals surface area contributed by atoms with Crippen molar-refractivity contribution >= 4 is 22.7 Å². The van der Waals surface area contributed by atoms with Crippen molar-refractivity contribution < 1.29 is 14.3 Å². The number of amides is 2. The lowest BCUT2D eigenvalue weighted by Crippen LogP contribution is -2.54. The van der Waals surface area contributed by atoms with Crippen LogP contribution in [0.5, 0.6) is 0 Å². The van der Waals surface area contributed by atoms with Crippen LogP contribution in [0.1, 0.15) is 29.6 Å². The van der Waals surface area contributed by atoms with Gasteiger partial charge in [-0.1, -0.05) is 6.42 Å². The SMILES string of the molecule is COC(C(=O)N1CCN(C(=O)c2ccc3[nH]ncc3c2)CC1)C1CCC1. The Morgan fingerprint density at radius 3 is 2.58 bits per heavy atom. The van der Waals surface area contributed by atoms with Crippen LogP contribution in [0, 0.1) is 5.92 Å². The predicted octanol–water partition coefficient (Wildman–Crippen LogP) is 1.66. The number of nitrogens with one attached hydrogen (secondary N) is 1. The summed E-state index contributed by atoms with van der Waals surface area (Å²) in [6, 6.07) is 5.55. The Bertz CT molecular complexity index is 806. The third-order valence-corrected chi connectivity index (χ3v) is 5.64. The van der Waals surface area contributed by atoms with Crippen molar-refractivity contribution in [2.45, 2.75) is 25.4 Å². The van der Waals surface area contributed by atoms with Crippen LogP contribution in [0.15, 0.2) is 24.4 Å². The van der Waals surface area contributed by atoms with Crippen LogP contribution in [-0.2, 0) is 9.53 Å². The topological polar surface area (TPSA) is 78.5 Å². The van der Waals surface area contributed by atoms with Gasteiger partial charge in [-0.05, 0) is 37.0 Å². The Morgan fingerprint density at radius 2 is 1.92 bits per heavy atom. The van der Waals surface area contributed by atoms with Crippen molar-refractivity contribution in [1.82, 2.24) is 20.0 Å². The van der Waals surface area contributed by atoms with E-state index < -0.39 is 0 Å². The van der Waals surface area contributed by atoms with E-state index >= 15 is 0 Å². The molecule has 1 atom stereocenters. The van der Waals surface area contributed by atoms with Crippen LogP contribution in [0.2, 0.25) is 0 Å². The largest absolute Gasteiger partial charge is 0.371 e. The smallest absolute Gasteiger partial charge is 0.253 e. The summed E-state index contributed by atoms with van der Waals surface area (Å²) in [5.74, 6) is 0.431. The Labute approximate surface area is 152 Å². The second-order valence-electron chi connectivity index (χ2n) is 7.14. The Balaban J connectivity index is 1.38. The number of hydrogen-bond donors (Lipinski definition) is 1. The molecular formula is C19H24N4O3. The molecule has 138 valence electrons. The summed E-state index contributed by atoms with van der Waals surface area (Å²) in [5.41, 5.74) is 1.57. The molecule has 1 saturated heterocycles. The maximum absolute atomic E-state index is 12.8. The summed E-state index contributed by atoms with van der Waals surface area (Å²) in [6.07, 6.45) is 4.71. The van der Waals surface area contributed by atoms with Crippen molar-refractivity contribution in [3.05, 3.63) is 30.0 Å². The molecule has 1 aromatic heterocycles. The van der Waals surface area contributed by atoms with Gasteiger partial charge >= 0.3 is 0 Å². The van der Waals surface area contributed by atoms with E-state index in [0.29, 0.717) is 37.7 Å². The average molecular weight is 356 g/mol. The molecule has 0 spiro atoms. The summed E-state index contributed by atoms with van der Waals surface area (Å²) in [4.78, 5) is 29.1. The zero-order valence-corrected chi connectivity index (χ0v) is 15.0. The number of carbonyl (C=O) groups is 2. The van der Waals surface area contributed by atoms with Gasteiger partial charge in [0.05, 0.1) is 11.7 Å². The van der Waals surface area contributed by atoms with Gasteiger partial charge in [-0.15, -0.1) is 0 Å². The number of H-pyrrole nitrogens is 1. The highest BCUT2D eigenvalue weighted by molar-refractivity contribution is 5.98. The van der Waals surface area contributed by atoms with E-state index in [2.05, 4.69) is 10.2 Å². The fraction of sp³-hybridized carbons (Fsp3) is 0.526. The van der Waals surface area contributed by atoms with Crippen molar-refractivity contribution in [3.8, 4) is 0 Å². The van der Waals surface area contributed by atoms with E-state index in [-0.39, 0.29) is 17.9 Å². The number of ether oxygens (including phenoxy) is 1. The number of aromatic nitrogens is 2. The molecule has 1 saturated carbocycles. The fourth-order valence-electron chi connectivity index (χ4n) is 3.81. The van der Waals surface area contributed by atoms with Crippen LogP contribution < -0.4 is 0 Å². The lowest BCUT2D eigenvalue weighted by molar-refractivity contribution is -0.149. The zero-order chi connectivity index (χ0) is 18.1. The van der Waals surface area contributed by atoms with Gasteiger partial charge < -0.3 is 14.5 Å². The van der Waals surface area contributed by atoms with Gasteiger partial charge in [-0.25, -0.2) is 0 Å². The third kappa shape index (κ3) is 3.07. The summed E-state index contributed by atoms with van der Waals surface area (Å²) in [6.45, 7) is 2.22. The first-order valence-corrected chi connectivity index (χ1v) is 9.21. The second-order valence-corrected chi connectivity index (χ2v) is 7.14. The van der Waals surface area contributed by atoms with Crippen LogP contribution in [0.3, 0.4) is 0 Å². The minimum absolute atomic E-state index is 0.00230. The highest BCUT2D eigenvalue weighted by Crippen LogP contribution is 2.32. The molecular weight excluding hydrogens is 332 g/mol. The van der Waals surface area contributed by atoms with Crippen molar-refractivity contribution in [2.75, 3.05) is 33.3 Å². The summed E-state index contributed by atoms with van der Waals surface area (Å²) < 4.78 is 5.47. The molecule has 1 aromatic carbocycles. The molecule has 1 N–H and O–H groups in total. The lowest BCUT2D eigenvalue weighted by Gasteiger charge is -2.39. The standard InChI is InChI=1S/C19H24N4O3/c1-26-17(13-3-2-4-13)19(25)23-9-7-22(8-10-23)18(24)14-5-6-16-15(11-14)12-20-21-16/h5-6,11-13,17H,2-4,7-10H2,1H3,(H,20,21). The van der Waals surface area contributed by atoms with Crippen LogP contribution >= 0.6 is 0 Å². The number of nitrogens with zero attached hydrogens (tertiary/aromatic N) is 3. The first-order valence-electron chi connectivity index (χ1n) is 9.21. The monoisotopic (exact) mass is 356 g/mol. The average Bonchev–Trinajstić information content (AvgIpc) is 3.11. The number of fused-ring (bicyclic) bond motifs is 1. The molecule has 7 heteroatoms. The van der Waals surface area contributed by atoms with Gasteiger partial charge in [0.1, 0.15) is 6.10 Å². The second kappa shape index (κ2) is 7.07. The van der Waals surface area contributed by atoms with Gasteiger partial charge in [0.15, 0.2) is 0 Å². The van der Waals surface area contributed by atoms with Crippen molar-refractivity contribution in [2.24, 2.45) is 5.92 Å². The maximum Gasteiger partial charge on any atom is 0.253 e. The molecule has 1 aliphatic carbocycles. The summed E-state index contributed by atoms with van der Waals surface area (Å²) in [5, 5.41) is 7.80. The quantitative estimate of drug-likeness (QED) is 0.904. The molecule has 1 unspecified atom stereocenters. The lowest BCUT2D eigenvalue weighted by atomic mass is 9.80. The number of carbonyl (C=O) groups excluding carboxylic acids is 2. The van der Waals surface area contributed by atoms with Gasteiger partial charge in [-0.2, -0.15) is 5.10 Å². The van der Waals surface area contributed by atoms with Gasteiger partial charge in [-0.3, -0.25) is 14.7 Å². The van der Waals surface area contributed by atoms with Crippen LogP contribution in [0.4, 0.5) is 0 Å². The Kier molecular flexibility index (Phi) is 4.63. The molecule has 2 heterocycles. The summed E-state index contributed by atoms with van der Waals surface area (Å²) in [7, 11) is 1.62. The van der Waals surface area contributed by atoms with Crippen LogP contribution in [0.25, 0.3) is 10.9 Å². The van der Waals surface area contributed by atoms with Crippen molar-refractivity contribution in [3.63, 3.8) is 0 Å². The molecule has 26 heavy (non-hydrogen) atoms. The molecule has 4 rings (SSSR count). The van der Waals surface area contributed by atoms with E-state index in [4.69, 9.17) is 4.74 Å². The molecule has 2 aromatic rings. The maximum atomic E-state index is 12.8. The molecule has 0 radical (unpaired) electrons. The van der Waals surface area contributed by atoms with E-state index in [1.165, 1.54) is 6.42 Å². The number of benzene rings is 1. The van der Waals surface area contributed by atoms with Crippen LogP contribution in [-0.4, -0.2) is 71.2 Å². The molecule has 1 aliphatic heterocycles. The predicted molar refractivity (Wildman–Crippen MR) is 96.7 cm³/mol. The number of piperazine rings is 1. The Hall–Kier alpha value is -2.41. The number of methoxy groups -OCH3 is 1. The molecule has 2 aliphatic rings. The zero-order valence-electron chi connectivity index (χ0n) is 15.0. The number of aromatic amines is 1. The molecule has 2 fully saturated rings. The Morgan fingerprint density at radius 1 is 1.19 bits per heavy atom. The molecule has 0 bridgehead atoms.